The van der Waals surface area contributed by atoms with Crippen molar-refractivity contribution >= 4 is 10.8 Å². The lowest BCUT2D eigenvalue weighted by Crippen LogP contribution is -2.17. The molecule has 2 rings (SSSR count). The fraction of sp³-hybridized carbons (Fsp3) is 0.400. The second-order valence-electron chi connectivity index (χ2n) is 6.03. The molecule has 2 aromatic carbocycles. The summed E-state index contributed by atoms with van der Waals surface area (Å²) in [5.41, 5.74) is 1.24. The van der Waals surface area contributed by atoms with Gasteiger partial charge in [-0.2, -0.15) is 0 Å². The van der Waals surface area contributed by atoms with Crippen molar-refractivity contribution < 1.29 is 13.0 Å². The molecule has 0 saturated heterocycles. The molecule has 0 amide bonds. The molecule has 2 aromatic rings. The molecule has 0 heterocycles. The van der Waals surface area contributed by atoms with E-state index in [9.17, 15) is 13.0 Å². The van der Waals surface area contributed by atoms with Crippen LogP contribution in [-0.4, -0.2) is 15.7 Å². The molecule has 0 aliphatic heterocycles. The quantitative estimate of drug-likeness (QED) is 0.623. The van der Waals surface area contributed by atoms with Gasteiger partial charge in [0.2, 0.25) is 0 Å². The van der Waals surface area contributed by atoms with Gasteiger partial charge in [-0.15, -0.1) is 0 Å². The molecule has 0 aliphatic carbocycles. The minimum absolute atomic E-state index is 0.0786. The van der Waals surface area contributed by atoms with Crippen LogP contribution in [-0.2, 0) is 10.8 Å². The van der Waals surface area contributed by atoms with Crippen LogP contribution in [0, 0.1) is 11.6 Å². The molecule has 0 fully saturated rings. The van der Waals surface area contributed by atoms with Crippen LogP contribution in [0.15, 0.2) is 48.5 Å². The van der Waals surface area contributed by atoms with E-state index in [1.807, 2.05) is 13.8 Å². The van der Waals surface area contributed by atoms with Crippen LogP contribution in [0.2, 0.25) is 0 Å². The van der Waals surface area contributed by atoms with Gasteiger partial charge in [0.05, 0.1) is 0 Å². The van der Waals surface area contributed by atoms with E-state index in [1.165, 1.54) is 12.1 Å². The van der Waals surface area contributed by atoms with E-state index in [0.29, 0.717) is 22.6 Å². The van der Waals surface area contributed by atoms with Crippen LogP contribution in [0.5, 0.6) is 0 Å². The Labute approximate surface area is 145 Å². The maximum Gasteiger partial charge on any atom is 0.126 e. The average Bonchev–Trinajstić information content (AvgIpc) is 2.59. The summed E-state index contributed by atoms with van der Waals surface area (Å²) in [5, 5.41) is 0. The highest BCUT2D eigenvalue weighted by molar-refractivity contribution is 7.85. The summed E-state index contributed by atoms with van der Waals surface area (Å²) in [5.74, 6) is 0.158. The molecule has 4 heteroatoms. The second kappa shape index (κ2) is 9.07. The molecular weight excluding hydrogens is 326 g/mol. The predicted molar refractivity (Wildman–Crippen MR) is 96.7 cm³/mol. The molecule has 0 N–H and O–H groups in total. The summed E-state index contributed by atoms with van der Waals surface area (Å²) in [6, 6.07) is 13.3. The van der Waals surface area contributed by atoms with Gasteiger partial charge in [-0.25, -0.2) is 8.78 Å². The lowest BCUT2D eigenvalue weighted by Gasteiger charge is -2.19. The summed E-state index contributed by atoms with van der Waals surface area (Å²) in [4.78, 5) is 0. The van der Waals surface area contributed by atoms with Gasteiger partial charge in [0.1, 0.15) is 11.6 Å². The Morgan fingerprint density at radius 1 is 0.792 bits per heavy atom. The van der Waals surface area contributed by atoms with E-state index in [0.717, 1.165) is 12.8 Å². The smallest absolute Gasteiger partial charge is 0.126 e. The highest BCUT2D eigenvalue weighted by Gasteiger charge is 2.21. The van der Waals surface area contributed by atoms with Gasteiger partial charge < -0.3 is 0 Å². The van der Waals surface area contributed by atoms with Crippen LogP contribution in [0.25, 0.3) is 0 Å². The maximum absolute atomic E-state index is 14.0. The summed E-state index contributed by atoms with van der Waals surface area (Å²) in [7, 11) is -1.13. The summed E-state index contributed by atoms with van der Waals surface area (Å²) in [6.45, 7) is 3.95. The normalized spacial score (nSPS) is 15.0. The second-order valence-corrected chi connectivity index (χ2v) is 7.57. The monoisotopic (exact) mass is 350 g/mol. The zero-order valence-corrected chi connectivity index (χ0v) is 15.0. The minimum atomic E-state index is -1.13. The third-order valence-electron chi connectivity index (χ3n) is 4.45. The van der Waals surface area contributed by atoms with Crippen LogP contribution < -0.4 is 0 Å². The first-order valence-corrected chi connectivity index (χ1v) is 9.89. The molecule has 0 saturated carbocycles. The topological polar surface area (TPSA) is 17.1 Å². The van der Waals surface area contributed by atoms with Crippen molar-refractivity contribution in [2.45, 2.75) is 38.5 Å². The Morgan fingerprint density at radius 3 is 1.50 bits per heavy atom. The highest BCUT2D eigenvalue weighted by atomic mass is 32.2. The minimum Gasteiger partial charge on any atom is -0.260 e. The van der Waals surface area contributed by atoms with Gasteiger partial charge in [-0.3, -0.25) is 4.21 Å². The Bertz CT molecular complexity index is 629. The first-order chi connectivity index (χ1) is 11.6. The molecular formula is C20H24F2OS. The molecule has 2 atom stereocenters. The summed E-state index contributed by atoms with van der Waals surface area (Å²) < 4.78 is 40.6. The third-order valence-corrected chi connectivity index (χ3v) is 6.00. The van der Waals surface area contributed by atoms with Crippen molar-refractivity contribution in [2.75, 3.05) is 11.5 Å². The van der Waals surface area contributed by atoms with Gasteiger partial charge in [0.25, 0.3) is 0 Å². The Balaban J connectivity index is 2.08. The molecule has 1 nitrogen and oxygen atoms in total. The van der Waals surface area contributed by atoms with E-state index in [4.69, 9.17) is 0 Å². The first-order valence-electron chi connectivity index (χ1n) is 8.40. The Morgan fingerprint density at radius 2 is 1.17 bits per heavy atom. The lowest BCUT2D eigenvalue weighted by atomic mass is 9.98. The molecule has 0 radical (unpaired) electrons. The number of rotatable bonds is 8. The predicted octanol–water partition coefficient (Wildman–Crippen LogP) is 5.40. The zero-order valence-electron chi connectivity index (χ0n) is 14.2. The summed E-state index contributed by atoms with van der Waals surface area (Å²) in [6.07, 6.45) is 1.45. The van der Waals surface area contributed by atoms with Crippen LogP contribution >= 0.6 is 0 Å². The molecule has 2 unspecified atom stereocenters. The molecule has 0 aliphatic rings. The van der Waals surface area contributed by atoms with Gasteiger partial charge in [-0.05, 0) is 47.9 Å². The van der Waals surface area contributed by atoms with Crippen molar-refractivity contribution in [3.63, 3.8) is 0 Å². The average molecular weight is 350 g/mol. The lowest BCUT2D eigenvalue weighted by molar-refractivity contribution is 0.577. The van der Waals surface area contributed by atoms with Crippen molar-refractivity contribution in [2.24, 2.45) is 0 Å². The van der Waals surface area contributed by atoms with Crippen molar-refractivity contribution in [1.29, 1.82) is 0 Å². The molecule has 130 valence electrons. The number of halogens is 2. The van der Waals surface area contributed by atoms with E-state index in [-0.39, 0.29) is 23.5 Å². The summed E-state index contributed by atoms with van der Waals surface area (Å²) >= 11 is 0. The Hall–Kier alpha value is -1.55. The van der Waals surface area contributed by atoms with E-state index < -0.39 is 10.8 Å². The fourth-order valence-electron chi connectivity index (χ4n) is 2.98. The molecule has 24 heavy (non-hydrogen) atoms. The van der Waals surface area contributed by atoms with Crippen molar-refractivity contribution in [3.8, 4) is 0 Å². The molecule has 0 bridgehead atoms. The van der Waals surface area contributed by atoms with Gasteiger partial charge in [-0.1, -0.05) is 50.2 Å². The number of hydrogen-bond donors (Lipinski definition) is 0. The SMILES string of the molecule is CCC(CS(=O)CC(CC)c1ccccc1F)c1ccccc1F. The maximum atomic E-state index is 14.0. The largest absolute Gasteiger partial charge is 0.260 e. The van der Waals surface area contributed by atoms with Crippen molar-refractivity contribution in [3.05, 3.63) is 71.3 Å². The van der Waals surface area contributed by atoms with Crippen LogP contribution in [0.4, 0.5) is 8.78 Å². The van der Waals surface area contributed by atoms with Gasteiger partial charge >= 0.3 is 0 Å². The standard InChI is InChI=1S/C20H24F2OS/c1-3-15(17-9-5-7-11-19(17)21)13-24(23)14-16(4-2)18-10-6-8-12-20(18)22/h5-12,15-16H,3-4,13-14H2,1-2H3. The van der Waals surface area contributed by atoms with E-state index in [2.05, 4.69) is 0 Å². The van der Waals surface area contributed by atoms with Crippen LogP contribution in [0.3, 0.4) is 0 Å². The van der Waals surface area contributed by atoms with Crippen molar-refractivity contribution in [1.82, 2.24) is 0 Å². The van der Waals surface area contributed by atoms with Crippen LogP contribution in [0.1, 0.15) is 49.7 Å². The zero-order chi connectivity index (χ0) is 17.5. The molecule has 0 spiro atoms. The third kappa shape index (κ3) is 4.73. The Kier molecular flexibility index (Phi) is 7.10. The number of benzene rings is 2. The first kappa shape index (κ1) is 18.8. The van der Waals surface area contributed by atoms with Gasteiger partial charge in [0, 0.05) is 22.3 Å². The van der Waals surface area contributed by atoms with E-state index in [1.54, 1.807) is 36.4 Å². The highest BCUT2D eigenvalue weighted by Crippen LogP contribution is 2.27. The number of hydrogen-bond acceptors (Lipinski definition) is 1. The fourth-order valence-corrected chi connectivity index (χ4v) is 4.85. The molecule has 0 aromatic heterocycles. The van der Waals surface area contributed by atoms with E-state index >= 15 is 0 Å². The van der Waals surface area contributed by atoms with Gasteiger partial charge in [0.15, 0.2) is 0 Å².